The molecule has 1 amide bonds. The van der Waals surface area contributed by atoms with Crippen LogP contribution in [0.15, 0.2) is 42.5 Å². The first kappa shape index (κ1) is 22.6. The van der Waals surface area contributed by atoms with Crippen LogP contribution < -0.4 is 19.5 Å². The standard InChI is InChI=1S/C23H32N2O4/c1-6-14-29-21-13-10-18(15-22(21)28-7-2)23(26)24-16-20(25(3)4)17-8-11-19(27-5)12-9-17/h8-13,15,20H,6-7,14,16H2,1-5H3,(H,24,26). The fourth-order valence-electron chi connectivity index (χ4n) is 2.96. The van der Waals surface area contributed by atoms with Crippen molar-refractivity contribution in [2.45, 2.75) is 26.3 Å². The molecule has 0 fully saturated rings. The van der Waals surface area contributed by atoms with Gasteiger partial charge in [-0.3, -0.25) is 4.79 Å². The molecule has 0 radical (unpaired) electrons. The van der Waals surface area contributed by atoms with E-state index in [-0.39, 0.29) is 11.9 Å². The van der Waals surface area contributed by atoms with Gasteiger partial charge in [0.05, 0.1) is 26.4 Å². The molecule has 0 heterocycles. The maximum atomic E-state index is 12.7. The third-order valence-electron chi connectivity index (χ3n) is 4.55. The molecule has 1 N–H and O–H groups in total. The number of methoxy groups -OCH3 is 1. The van der Waals surface area contributed by atoms with Crippen LogP contribution >= 0.6 is 0 Å². The quantitative estimate of drug-likeness (QED) is 0.620. The highest BCUT2D eigenvalue weighted by molar-refractivity contribution is 5.94. The third kappa shape index (κ3) is 6.39. The summed E-state index contributed by atoms with van der Waals surface area (Å²) >= 11 is 0. The smallest absolute Gasteiger partial charge is 0.251 e. The Morgan fingerprint density at radius 3 is 2.34 bits per heavy atom. The van der Waals surface area contributed by atoms with E-state index < -0.39 is 0 Å². The zero-order valence-electron chi connectivity index (χ0n) is 18.0. The number of likely N-dealkylation sites (N-methyl/N-ethyl adjacent to an activating group) is 1. The lowest BCUT2D eigenvalue weighted by atomic mass is 10.1. The minimum absolute atomic E-state index is 0.0448. The van der Waals surface area contributed by atoms with Gasteiger partial charge in [-0.2, -0.15) is 0 Å². The van der Waals surface area contributed by atoms with Gasteiger partial charge in [-0.1, -0.05) is 19.1 Å². The largest absolute Gasteiger partial charge is 0.497 e. The molecule has 0 aliphatic carbocycles. The van der Waals surface area contributed by atoms with Gasteiger partial charge >= 0.3 is 0 Å². The Balaban J connectivity index is 2.09. The first-order valence-electron chi connectivity index (χ1n) is 9.98. The van der Waals surface area contributed by atoms with Crippen molar-refractivity contribution in [2.75, 3.05) is 41.0 Å². The molecule has 6 heteroatoms. The molecule has 2 aromatic rings. The van der Waals surface area contributed by atoms with E-state index in [4.69, 9.17) is 14.2 Å². The van der Waals surface area contributed by atoms with E-state index in [1.165, 1.54) is 0 Å². The Kier molecular flexibility index (Phi) is 8.80. The number of rotatable bonds is 11. The van der Waals surface area contributed by atoms with Gasteiger partial charge in [-0.05, 0) is 63.3 Å². The maximum Gasteiger partial charge on any atom is 0.251 e. The van der Waals surface area contributed by atoms with Crippen LogP contribution in [0.4, 0.5) is 0 Å². The summed E-state index contributed by atoms with van der Waals surface area (Å²) in [7, 11) is 5.63. The third-order valence-corrected chi connectivity index (χ3v) is 4.55. The second kappa shape index (κ2) is 11.3. The highest BCUT2D eigenvalue weighted by Gasteiger charge is 2.17. The van der Waals surface area contributed by atoms with E-state index in [1.807, 2.05) is 52.2 Å². The van der Waals surface area contributed by atoms with Gasteiger partial charge in [0.15, 0.2) is 11.5 Å². The van der Waals surface area contributed by atoms with Gasteiger partial charge in [0.1, 0.15) is 5.75 Å². The Hall–Kier alpha value is -2.73. The molecule has 2 aromatic carbocycles. The number of carbonyl (C=O) groups is 1. The van der Waals surface area contributed by atoms with Crippen molar-refractivity contribution in [3.8, 4) is 17.2 Å². The summed E-state index contributed by atoms with van der Waals surface area (Å²) in [5, 5.41) is 3.03. The molecule has 158 valence electrons. The Morgan fingerprint density at radius 1 is 1.03 bits per heavy atom. The first-order valence-corrected chi connectivity index (χ1v) is 9.98. The predicted molar refractivity (Wildman–Crippen MR) is 115 cm³/mol. The SMILES string of the molecule is CCCOc1ccc(C(=O)NCC(c2ccc(OC)cc2)N(C)C)cc1OCC. The van der Waals surface area contributed by atoms with Crippen LogP contribution in [0, 0.1) is 0 Å². The van der Waals surface area contributed by atoms with Gasteiger partial charge in [-0.25, -0.2) is 0 Å². The second-order valence-corrected chi connectivity index (χ2v) is 6.91. The molecule has 0 spiro atoms. The predicted octanol–water partition coefficient (Wildman–Crippen LogP) is 3.92. The topological polar surface area (TPSA) is 60.0 Å². The van der Waals surface area contributed by atoms with Crippen LogP contribution in [0.1, 0.15) is 42.2 Å². The molecule has 0 saturated heterocycles. The van der Waals surface area contributed by atoms with Gasteiger partial charge in [0, 0.05) is 12.1 Å². The van der Waals surface area contributed by atoms with E-state index in [1.54, 1.807) is 25.3 Å². The maximum absolute atomic E-state index is 12.7. The summed E-state index contributed by atoms with van der Waals surface area (Å²) in [5.41, 5.74) is 1.65. The lowest BCUT2D eigenvalue weighted by molar-refractivity contribution is 0.0941. The van der Waals surface area contributed by atoms with E-state index in [2.05, 4.69) is 10.2 Å². The minimum Gasteiger partial charge on any atom is -0.497 e. The summed E-state index contributed by atoms with van der Waals surface area (Å²) in [6.45, 7) is 5.56. The van der Waals surface area contributed by atoms with Crippen LogP contribution in [0.25, 0.3) is 0 Å². The van der Waals surface area contributed by atoms with Gasteiger partial charge in [0.2, 0.25) is 0 Å². The Morgan fingerprint density at radius 2 is 1.76 bits per heavy atom. The molecular formula is C23H32N2O4. The van der Waals surface area contributed by atoms with Crippen LogP contribution in [-0.2, 0) is 0 Å². The molecule has 6 nitrogen and oxygen atoms in total. The van der Waals surface area contributed by atoms with Gasteiger partial charge < -0.3 is 24.4 Å². The van der Waals surface area contributed by atoms with Crippen LogP contribution in [0.5, 0.6) is 17.2 Å². The van der Waals surface area contributed by atoms with Crippen molar-refractivity contribution in [1.82, 2.24) is 10.2 Å². The summed E-state index contributed by atoms with van der Waals surface area (Å²) in [6.07, 6.45) is 0.908. The molecule has 29 heavy (non-hydrogen) atoms. The monoisotopic (exact) mass is 400 g/mol. The molecule has 0 aliphatic rings. The molecule has 0 saturated carbocycles. The summed E-state index contributed by atoms with van der Waals surface area (Å²) in [6, 6.07) is 13.2. The summed E-state index contributed by atoms with van der Waals surface area (Å²) in [5.74, 6) is 1.92. The highest BCUT2D eigenvalue weighted by Crippen LogP contribution is 2.29. The van der Waals surface area contributed by atoms with Crippen LogP contribution in [-0.4, -0.2) is 51.8 Å². The normalized spacial score (nSPS) is 11.8. The minimum atomic E-state index is -0.145. The zero-order valence-corrected chi connectivity index (χ0v) is 18.0. The van der Waals surface area contributed by atoms with E-state index in [0.717, 1.165) is 17.7 Å². The van der Waals surface area contributed by atoms with Crippen molar-refractivity contribution < 1.29 is 19.0 Å². The van der Waals surface area contributed by atoms with E-state index in [0.29, 0.717) is 36.8 Å². The Labute approximate surface area is 173 Å². The number of hydrogen-bond donors (Lipinski definition) is 1. The van der Waals surface area contributed by atoms with Gasteiger partial charge in [0.25, 0.3) is 5.91 Å². The molecule has 0 aromatic heterocycles. The number of carbonyl (C=O) groups excluding carboxylic acids is 1. The lowest BCUT2D eigenvalue weighted by Gasteiger charge is -2.25. The number of benzene rings is 2. The van der Waals surface area contributed by atoms with Crippen LogP contribution in [0.2, 0.25) is 0 Å². The zero-order chi connectivity index (χ0) is 21.2. The average molecular weight is 401 g/mol. The molecule has 1 atom stereocenters. The molecule has 2 rings (SSSR count). The highest BCUT2D eigenvalue weighted by atomic mass is 16.5. The van der Waals surface area contributed by atoms with Crippen molar-refractivity contribution in [2.24, 2.45) is 0 Å². The first-order chi connectivity index (χ1) is 14.0. The van der Waals surface area contributed by atoms with E-state index >= 15 is 0 Å². The number of nitrogens with zero attached hydrogens (tertiary/aromatic N) is 1. The number of hydrogen-bond acceptors (Lipinski definition) is 5. The number of ether oxygens (including phenoxy) is 3. The van der Waals surface area contributed by atoms with Crippen molar-refractivity contribution >= 4 is 5.91 Å². The summed E-state index contributed by atoms with van der Waals surface area (Å²) in [4.78, 5) is 14.8. The molecule has 0 aliphatic heterocycles. The Bertz CT molecular complexity index is 775. The second-order valence-electron chi connectivity index (χ2n) is 6.91. The molecular weight excluding hydrogens is 368 g/mol. The number of nitrogens with one attached hydrogen (secondary N) is 1. The average Bonchev–Trinajstić information content (AvgIpc) is 2.73. The van der Waals surface area contributed by atoms with Crippen LogP contribution in [0.3, 0.4) is 0 Å². The molecule has 0 bridgehead atoms. The van der Waals surface area contributed by atoms with Crippen molar-refractivity contribution in [1.29, 1.82) is 0 Å². The summed E-state index contributed by atoms with van der Waals surface area (Å²) < 4.78 is 16.6. The fraction of sp³-hybridized carbons (Fsp3) is 0.435. The number of amides is 1. The lowest BCUT2D eigenvalue weighted by Crippen LogP contribution is -2.34. The molecule has 1 unspecified atom stereocenters. The van der Waals surface area contributed by atoms with Crippen molar-refractivity contribution in [3.05, 3.63) is 53.6 Å². The van der Waals surface area contributed by atoms with E-state index in [9.17, 15) is 4.79 Å². The van der Waals surface area contributed by atoms with Gasteiger partial charge in [-0.15, -0.1) is 0 Å². The van der Waals surface area contributed by atoms with Crippen molar-refractivity contribution in [3.63, 3.8) is 0 Å². The fourth-order valence-corrected chi connectivity index (χ4v) is 2.96.